The summed E-state index contributed by atoms with van der Waals surface area (Å²) in [5.74, 6) is -1.79. The van der Waals surface area contributed by atoms with E-state index in [0.717, 1.165) is 12.8 Å². The third-order valence-corrected chi connectivity index (χ3v) is 4.74. The molecule has 0 aromatic rings. The second-order valence-corrected chi connectivity index (χ2v) is 6.81. The Morgan fingerprint density at radius 1 is 0.889 bits per heavy atom. The van der Waals surface area contributed by atoms with Crippen LogP contribution in [-0.4, -0.2) is 48.4 Å². The van der Waals surface area contributed by atoms with Crippen LogP contribution in [0, 0.1) is 0 Å². The molecule has 1 aliphatic rings. The van der Waals surface area contributed by atoms with Gasteiger partial charge in [0.05, 0.1) is 18.5 Å². The molecule has 0 radical (unpaired) electrons. The summed E-state index contributed by atoms with van der Waals surface area (Å²) in [5.41, 5.74) is 0. The van der Waals surface area contributed by atoms with Crippen LogP contribution in [-0.2, 0) is 9.59 Å². The number of carbonyl (C=O) groups excluding carboxylic acids is 2. The van der Waals surface area contributed by atoms with Gasteiger partial charge in [0, 0.05) is 6.42 Å². The molecular weight excluding hydrogens is 390 g/mol. The molecular formula is C18H31ClN2Na2O4. The van der Waals surface area contributed by atoms with Crippen LogP contribution in [0.3, 0.4) is 0 Å². The van der Waals surface area contributed by atoms with E-state index in [4.69, 9.17) is 0 Å². The molecule has 0 aromatic heterocycles. The number of halogens is 1. The van der Waals surface area contributed by atoms with Gasteiger partial charge in [-0.25, -0.2) is 4.99 Å². The topological polar surface area (TPSA) is 92.6 Å². The minimum atomic E-state index is -1.24. The summed E-state index contributed by atoms with van der Waals surface area (Å²) in [6.45, 7) is 2.45. The molecule has 1 heterocycles. The molecule has 1 rings (SSSR count). The number of carbonyl (C=O) groups is 2. The SMILES string of the molecule is CCCCCCCCCCCC1=NCC[N+]1(CC(=O)[O-])CC(=O)[O-].[Cl-].[Na+].[Na+]. The third kappa shape index (κ3) is 13.7. The molecule has 0 spiro atoms. The van der Waals surface area contributed by atoms with Crippen LogP contribution in [0.1, 0.15) is 71.1 Å². The van der Waals surface area contributed by atoms with E-state index in [9.17, 15) is 19.8 Å². The molecule has 0 amide bonds. The summed E-state index contributed by atoms with van der Waals surface area (Å²) in [4.78, 5) is 26.4. The van der Waals surface area contributed by atoms with Crippen molar-refractivity contribution in [1.82, 2.24) is 0 Å². The van der Waals surface area contributed by atoms with E-state index in [2.05, 4.69) is 11.9 Å². The van der Waals surface area contributed by atoms with Gasteiger partial charge in [0.15, 0.2) is 5.84 Å². The Balaban J connectivity index is -0.00000192. The van der Waals surface area contributed by atoms with Gasteiger partial charge in [0.25, 0.3) is 0 Å². The van der Waals surface area contributed by atoms with Crippen molar-refractivity contribution in [1.29, 1.82) is 0 Å². The molecule has 0 aromatic carbocycles. The smallest absolute Gasteiger partial charge is 1.00 e. The van der Waals surface area contributed by atoms with Crippen molar-refractivity contribution in [2.45, 2.75) is 71.1 Å². The van der Waals surface area contributed by atoms with Crippen LogP contribution in [0.2, 0.25) is 0 Å². The Labute approximate surface area is 214 Å². The number of rotatable bonds is 14. The number of carboxylic acid groups (broad SMARTS) is 2. The number of aliphatic carboxylic acids is 2. The maximum atomic E-state index is 11.0. The zero-order chi connectivity index (χ0) is 17.8. The monoisotopic (exact) mass is 420 g/mol. The van der Waals surface area contributed by atoms with E-state index >= 15 is 0 Å². The van der Waals surface area contributed by atoms with Gasteiger partial charge in [-0.3, -0.25) is 4.48 Å². The number of aliphatic imine (C=N–C) groups is 1. The molecule has 0 unspecified atom stereocenters. The van der Waals surface area contributed by atoms with Crippen molar-refractivity contribution in [3.8, 4) is 0 Å². The fraction of sp³-hybridized carbons (Fsp3) is 0.833. The van der Waals surface area contributed by atoms with Crippen molar-refractivity contribution in [2.75, 3.05) is 26.2 Å². The van der Waals surface area contributed by atoms with Crippen molar-refractivity contribution in [3.63, 3.8) is 0 Å². The van der Waals surface area contributed by atoms with Crippen LogP contribution in [0.15, 0.2) is 4.99 Å². The van der Waals surface area contributed by atoms with E-state index in [0.29, 0.717) is 25.3 Å². The van der Waals surface area contributed by atoms with Crippen molar-refractivity contribution in [2.24, 2.45) is 4.99 Å². The Bertz CT molecular complexity index is 435. The number of hydrogen-bond donors (Lipinski definition) is 0. The second kappa shape index (κ2) is 18.9. The van der Waals surface area contributed by atoms with Gasteiger partial charge in [-0.05, 0) is 6.42 Å². The average molecular weight is 421 g/mol. The normalized spacial score (nSPS) is 14.3. The first-order chi connectivity index (χ1) is 11.5. The summed E-state index contributed by atoms with van der Waals surface area (Å²) in [6.07, 6.45) is 11.5. The number of unbranched alkanes of at least 4 members (excludes halogenated alkanes) is 8. The summed E-state index contributed by atoms with van der Waals surface area (Å²) in [5, 5.41) is 22.0. The van der Waals surface area contributed by atoms with Gasteiger partial charge in [-0.15, -0.1) is 0 Å². The zero-order valence-electron chi connectivity index (χ0n) is 17.3. The number of amidine groups is 1. The fourth-order valence-electron chi connectivity index (χ4n) is 3.45. The first-order valence-corrected chi connectivity index (χ1v) is 9.30. The molecule has 0 N–H and O–H groups in total. The first kappa shape index (κ1) is 32.5. The van der Waals surface area contributed by atoms with Gasteiger partial charge in [-0.1, -0.05) is 58.3 Å². The number of nitrogens with zero attached hydrogens (tertiary/aromatic N) is 2. The average Bonchev–Trinajstić information content (AvgIpc) is 2.86. The molecule has 6 nitrogen and oxygen atoms in total. The summed E-state index contributed by atoms with van der Waals surface area (Å²) >= 11 is 0. The molecule has 27 heavy (non-hydrogen) atoms. The predicted octanol–water partition coefficient (Wildman–Crippen LogP) is -8.35. The van der Waals surface area contributed by atoms with Crippen molar-refractivity contribution >= 4 is 17.8 Å². The molecule has 0 fully saturated rings. The standard InChI is InChI=1S/C18H32N2O4.ClH.2Na/c1-2-3-4-5-6-7-8-9-10-11-16-19-12-13-20(16,14-17(21)22)15-18(23)24;;;/h2-15H2,1H3,(H-,21,22,23,24);1H;;/q;;2*+1/p-2. The molecule has 9 heteroatoms. The van der Waals surface area contributed by atoms with Gasteiger partial charge in [-0.2, -0.15) is 0 Å². The molecule has 146 valence electrons. The zero-order valence-corrected chi connectivity index (χ0v) is 22.1. The Kier molecular flexibility index (Phi) is 22.7. The summed E-state index contributed by atoms with van der Waals surface area (Å²) in [6, 6.07) is 0. The van der Waals surface area contributed by atoms with Crippen LogP contribution in [0.25, 0.3) is 0 Å². The minimum absolute atomic E-state index is 0. The van der Waals surface area contributed by atoms with Crippen LogP contribution in [0.5, 0.6) is 0 Å². The van der Waals surface area contributed by atoms with E-state index in [1.165, 1.54) is 44.9 Å². The number of carboxylic acids is 2. The molecule has 0 bridgehead atoms. The third-order valence-electron chi connectivity index (χ3n) is 4.74. The predicted molar refractivity (Wildman–Crippen MR) is 89.0 cm³/mol. The molecule has 0 saturated carbocycles. The van der Waals surface area contributed by atoms with E-state index in [-0.39, 0.29) is 89.1 Å². The Hall–Kier alpha value is 0.860. The van der Waals surface area contributed by atoms with Gasteiger partial charge < -0.3 is 32.2 Å². The number of quaternary nitrogens is 1. The van der Waals surface area contributed by atoms with Crippen molar-refractivity contribution < 1.29 is 95.8 Å². The first-order valence-electron chi connectivity index (χ1n) is 9.30. The van der Waals surface area contributed by atoms with E-state index in [1.807, 2.05) is 0 Å². The number of hydrogen-bond acceptors (Lipinski definition) is 5. The van der Waals surface area contributed by atoms with Crippen molar-refractivity contribution in [3.05, 3.63) is 0 Å². The second-order valence-electron chi connectivity index (χ2n) is 6.81. The molecule has 1 aliphatic heterocycles. The summed E-state index contributed by atoms with van der Waals surface area (Å²) in [7, 11) is 0. The minimum Gasteiger partial charge on any atom is -1.00 e. The maximum absolute atomic E-state index is 11.0. The molecule has 0 saturated heterocycles. The van der Waals surface area contributed by atoms with Gasteiger partial charge >= 0.3 is 59.1 Å². The fourth-order valence-corrected chi connectivity index (χ4v) is 3.45. The Morgan fingerprint density at radius 2 is 1.33 bits per heavy atom. The van der Waals surface area contributed by atoms with Gasteiger partial charge in [0.1, 0.15) is 19.6 Å². The van der Waals surface area contributed by atoms with Crippen LogP contribution in [0.4, 0.5) is 0 Å². The van der Waals surface area contributed by atoms with Crippen LogP contribution < -0.4 is 81.7 Å². The Morgan fingerprint density at radius 3 is 1.78 bits per heavy atom. The molecule has 0 atom stereocenters. The molecule has 0 aliphatic carbocycles. The van der Waals surface area contributed by atoms with Crippen LogP contribution >= 0.6 is 0 Å². The summed E-state index contributed by atoms with van der Waals surface area (Å²) < 4.78 is -0.123. The van der Waals surface area contributed by atoms with E-state index in [1.54, 1.807) is 0 Å². The maximum Gasteiger partial charge on any atom is 1.00 e. The van der Waals surface area contributed by atoms with Gasteiger partial charge in [0.2, 0.25) is 0 Å². The largest absolute Gasteiger partial charge is 1.00 e. The quantitative estimate of drug-likeness (QED) is 0.158. The van der Waals surface area contributed by atoms with E-state index < -0.39 is 11.9 Å².